The summed E-state index contributed by atoms with van der Waals surface area (Å²) in [6.45, 7) is 2.16. The number of rotatable bonds is 4. The Hall–Kier alpha value is -0.700. The van der Waals surface area contributed by atoms with Crippen LogP contribution in [0.3, 0.4) is 0 Å². The molecule has 0 saturated heterocycles. The number of aromatic nitrogens is 2. The van der Waals surface area contributed by atoms with E-state index in [0.29, 0.717) is 4.47 Å². The molecule has 0 saturated carbocycles. The van der Waals surface area contributed by atoms with E-state index >= 15 is 0 Å². The lowest BCUT2D eigenvalue weighted by Crippen LogP contribution is -2.26. The van der Waals surface area contributed by atoms with Crippen molar-refractivity contribution in [1.29, 1.82) is 0 Å². The predicted molar refractivity (Wildman–Crippen MR) is 83.8 cm³/mol. The first kappa shape index (κ1) is 15.7. The lowest BCUT2D eigenvalue weighted by molar-refractivity contribution is 0.466. The molecule has 0 spiro atoms. The number of aryl methyl sites for hydroxylation is 1. The Balaban J connectivity index is 2.37. The van der Waals surface area contributed by atoms with E-state index in [4.69, 9.17) is 0 Å². The average Bonchev–Trinajstić information content (AvgIpc) is 2.86. The third-order valence-electron chi connectivity index (χ3n) is 2.86. The van der Waals surface area contributed by atoms with Gasteiger partial charge in [-0.1, -0.05) is 15.9 Å². The van der Waals surface area contributed by atoms with Gasteiger partial charge in [0.15, 0.2) is 0 Å². The van der Waals surface area contributed by atoms with Gasteiger partial charge in [-0.2, -0.15) is 9.40 Å². The number of benzene rings is 1. The molecule has 2 aromatic rings. The molecule has 0 fully saturated rings. The highest BCUT2D eigenvalue weighted by Crippen LogP contribution is 2.30. The van der Waals surface area contributed by atoms with E-state index in [1.54, 1.807) is 31.6 Å². The van der Waals surface area contributed by atoms with E-state index in [9.17, 15) is 8.42 Å². The minimum atomic E-state index is -3.57. The van der Waals surface area contributed by atoms with Crippen LogP contribution < -0.4 is 0 Å². The summed E-state index contributed by atoms with van der Waals surface area (Å²) in [5.41, 5.74) is 1.77. The second-order valence-electron chi connectivity index (χ2n) is 4.40. The van der Waals surface area contributed by atoms with E-state index in [1.807, 2.05) is 6.92 Å². The van der Waals surface area contributed by atoms with Crippen molar-refractivity contribution in [2.24, 2.45) is 0 Å². The van der Waals surface area contributed by atoms with Crippen LogP contribution in [-0.4, -0.2) is 30.0 Å². The topological polar surface area (TPSA) is 66.1 Å². The summed E-state index contributed by atoms with van der Waals surface area (Å²) in [5, 5.41) is 6.48. The van der Waals surface area contributed by atoms with Gasteiger partial charge in [-0.05, 0) is 40.5 Å². The lowest BCUT2D eigenvalue weighted by Gasteiger charge is -2.18. The molecule has 0 amide bonds. The van der Waals surface area contributed by atoms with Crippen LogP contribution in [0.2, 0.25) is 0 Å². The van der Waals surface area contributed by atoms with Crippen molar-refractivity contribution in [3.63, 3.8) is 0 Å². The SMILES string of the molecule is Cc1cc(Br)c(S(=O)(=O)N(C)Cc2cn[nH]c2)cc1Br. The quantitative estimate of drug-likeness (QED) is 0.823. The Labute approximate surface area is 134 Å². The highest BCUT2D eigenvalue weighted by molar-refractivity contribution is 9.11. The molecular weight excluding hydrogens is 410 g/mol. The van der Waals surface area contributed by atoms with Gasteiger partial charge in [-0.3, -0.25) is 5.10 Å². The Morgan fingerprint density at radius 3 is 2.60 bits per heavy atom. The van der Waals surface area contributed by atoms with E-state index in [2.05, 4.69) is 42.1 Å². The van der Waals surface area contributed by atoms with Gasteiger partial charge >= 0.3 is 0 Å². The molecule has 0 aliphatic carbocycles. The zero-order valence-corrected chi connectivity index (χ0v) is 14.9. The van der Waals surface area contributed by atoms with Crippen LogP contribution in [0.1, 0.15) is 11.1 Å². The monoisotopic (exact) mass is 421 g/mol. The van der Waals surface area contributed by atoms with Gasteiger partial charge in [0, 0.05) is 34.3 Å². The summed E-state index contributed by atoms with van der Waals surface area (Å²) in [6, 6.07) is 3.39. The number of nitrogens with one attached hydrogen (secondary N) is 1. The fourth-order valence-electron chi connectivity index (χ4n) is 1.70. The normalized spacial score (nSPS) is 12.1. The molecule has 1 N–H and O–H groups in total. The Morgan fingerprint density at radius 1 is 1.30 bits per heavy atom. The third-order valence-corrected chi connectivity index (χ3v) is 6.48. The molecule has 8 heteroatoms. The summed E-state index contributed by atoms with van der Waals surface area (Å²) in [7, 11) is -2.03. The molecule has 0 radical (unpaired) electrons. The fourth-order valence-corrected chi connectivity index (χ4v) is 4.49. The summed E-state index contributed by atoms with van der Waals surface area (Å²) in [4.78, 5) is 0.237. The first-order valence-electron chi connectivity index (χ1n) is 5.72. The molecule has 2 rings (SSSR count). The fraction of sp³-hybridized carbons (Fsp3) is 0.250. The summed E-state index contributed by atoms with van der Waals surface area (Å²) >= 11 is 6.68. The van der Waals surface area contributed by atoms with Crippen molar-refractivity contribution in [2.45, 2.75) is 18.4 Å². The first-order chi connectivity index (χ1) is 9.32. The molecule has 1 aromatic carbocycles. The first-order valence-corrected chi connectivity index (χ1v) is 8.74. The van der Waals surface area contributed by atoms with Crippen molar-refractivity contribution in [2.75, 3.05) is 7.05 Å². The highest BCUT2D eigenvalue weighted by Gasteiger charge is 2.24. The molecule has 5 nitrogen and oxygen atoms in total. The number of sulfonamides is 1. The number of nitrogens with zero attached hydrogens (tertiary/aromatic N) is 2. The molecule has 0 aliphatic rings. The van der Waals surface area contributed by atoms with Crippen LogP contribution in [0, 0.1) is 6.92 Å². The average molecular weight is 423 g/mol. The number of aromatic amines is 1. The van der Waals surface area contributed by atoms with Crippen molar-refractivity contribution in [3.8, 4) is 0 Å². The number of H-pyrrole nitrogens is 1. The van der Waals surface area contributed by atoms with Gasteiger partial charge in [0.25, 0.3) is 0 Å². The summed E-state index contributed by atoms with van der Waals surface area (Å²) in [5.74, 6) is 0. The second-order valence-corrected chi connectivity index (χ2v) is 8.12. The largest absolute Gasteiger partial charge is 0.285 e. The predicted octanol–water partition coefficient (Wildman–Crippen LogP) is 3.06. The Morgan fingerprint density at radius 2 is 2.00 bits per heavy atom. The maximum atomic E-state index is 12.6. The molecule has 0 bridgehead atoms. The molecule has 1 aromatic heterocycles. The van der Waals surface area contributed by atoms with Gasteiger partial charge in [-0.15, -0.1) is 0 Å². The number of hydrogen-bond acceptors (Lipinski definition) is 3. The van der Waals surface area contributed by atoms with Gasteiger partial charge in [0.2, 0.25) is 10.0 Å². The van der Waals surface area contributed by atoms with Crippen LogP contribution in [-0.2, 0) is 16.6 Å². The molecule has 1 heterocycles. The molecule has 20 heavy (non-hydrogen) atoms. The van der Waals surface area contributed by atoms with Crippen molar-refractivity contribution < 1.29 is 8.42 Å². The maximum Gasteiger partial charge on any atom is 0.244 e. The Kier molecular flexibility index (Phi) is 4.68. The Bertz CT molecular complexity index is 715. The van der Waals surface area contributed by atoms with Crippen molar-refractivity contribution in [3.05, 3.63) is 44.6 Å². The third kappa shape index (κ3) is 3.13. The number of hydrogen-bond donors (Lipinski definition) is 1. The van der Waals surface area contributed by atoms with E-state index in [0.717, 1.165) is 15.6 Å². The number of halogens is 2. The standard InChI is InChI=1S/C12H13Br2N3O2S/c1-8-3-11(14)12(4-10(8)13)20(18,19)17(2)7-9-5-15-16-6-9/h3-6H,7H2,1-2H3,(H,15,16). The van der Waals surface area contributed by atoms with Gasteiger partial charge in [0.1, 0.15) is 0 Å². The maximum absolute atomic E-state index is 12.6. The van der Waals surface area contributed by atoms with E-state index < -0.39 is 10.0 Å². The summed E-state index contributed by atoms with van der Waals surface area (Å²) in [6.07, 6.45) is 3.28. The van der Waals surface area contributed by atoms with E-state index in [-0.39, 0.29) is 11.4 Å². The highest BCUT2D eigenvalue weighted by atomic mass is 79.9. The van der Waals surface area contributed by atoms with Crippen molar-refractivity contribution in [1.82, 2.24) is 14.5 Å². The van der Waals surface area contributed by atoms with Crippen LogP contribution in [0.25, 0.3) is 0 Å². The smallest absolute Gasteiger partial charge is 0.244 e. The van der Waals surface area contributed by atoms with Crippen LogP contribution in [0.15, 0.2) is 38.4 Å². The molecular formula is C12H13Br2N3O2S. The summed E-state index contributed by atoms with van der Waals surface area (Å²) < 4.78 is 27.8. The van der Waals surface area contributed by atoms with Gasteiger partial charge < -0.3 is 0 Å². The molecule has 0 aliphatic heterocycles. The van der Waals surface area contributed by atoms with Crippen molar-refractivity contribution >= 4 is 41.9 Å². The van der Waals surface area contributed by atoms with Crippen LogP contribution in [0.4, 0.5) is 0 Å². The van der Waals surface area contributed by atoms with Crippen LogP contribution >= 0.6 is 31.9 Å². The minimum absolute atomic E-state index is 0.237. The van der Waals surface area contributed by atoms with E-state index in [1.165, 1.54) is 4.31 Å². The molecule has 0 atom stereocenters. The molecule has 108 valence electrons. The lowest BCUT2D eigenvalue weighted by atomic mass is 10.2. The minimum Gasteiger partial charge on any atom is -0.285 e. The molecule has 0 unspecified atom stereocenters. The second kappa shape index (κ2) is 5.97. The van der Waals surface area contributed by atoms with Crippen LogP contribution in [0.5, 0.6) is 0 Å². The zero-order chi connectivity index (χ0) is 14.9. The van der Waals surface area contributed by atoms with Gasteiger partial charge in [-0.25, -0.2) is 8.42 Å². The zero-order valence-electron chi connectivity index (χ0n) is 10.9. The van der Waals surface area contributed by atoms with Gasteiger partial charge in [0.05, 0.1) is 11.1 Å².